The molecule has 1 fully saturated rings. The van der Waals surface area contributed by atoms with E-state index in [1.807, 2.05) is 22.6 Å². The average Bonchev–Trinajstić information content (AvgIpc) is 3.39. The van der Waals surface area contributed by atoms with Crippen LogP contribution in [-0.2, 0) is 23.1 Å². The molecule has 3 N–H and O–H groups in total. The molecule has 2 heterocycles. The van der Waals surface area contributed by atoms with Crippen LogP contribution in [0, 0.1) is 9.39 Å². The van der Waals surface area contributed by atoms with Crippen LogP contribution in [0.15, 0.2) is 55.0 Å². The lowest BCUT2D eigenvalue weighted by Gasteiger charge is -2.25. The normalized spacial score (nSPS) is 16.1. The van der Waals surface area contributed by atoms with Crippen LogP contribution in [0.5, 0.6) is 5.75 Å². The topological polar surface area (TPSA) is 126 Å². The number of anilines is 1. The zero-order chi connectivity index (χ0) is 25.8. The highest BCUT2D eigenvalue weighted by Crippen LogP contribution is 2.27. The minimum absolute atomic E-state index is 0.0197. The summed E-state index contributed by atoms with van der Waals surface area (Å²) in [5, 5.41) is 14.0. The number of imide groups is 1. The van der Waals surface area contributed by atoms with Gasteiger partial charge in [-0.25, -0.2) is 19.1 Å². The van der Waals surface area contributed by atoms with E-state index in [4.69, 9.17) is 9.84 Å². The second-order valence-electron chi connectivity index (χ2n) is 8.06. The molecule has 188 valence electrons. The van der Waals surface area contributed by atoms with Gasteiger partial charge in [-0.2, -0.15) is 0 Å². The first kappa shape index (κ1) is 25.6. The third-order valence-corrected chi connectivity index (χ3v) is 6.34. The lowest BCUT2D eigenvalue weighted by atomic mass is 10.0. The number of nitrogens with one attached hydrogen (secondary N) is 2. The van der Waals surface area contributed by atoms with Crippen molar-refractivity contribution in [3.05, 3.63) is 75.6 Å². The number of halogens is 2. The number of aryl methyl sites for hydroxylation is 1. The summed E-state index contributed by atoms with van der Waals surface area (Å²) in [6.07, 6.45) is 3.05. The maximum absolute atomic E-state index is 14.4. The summed E-state index contributed by atoms with van der Waals surface area (Å²) < 4.78 is 22.1. The predicted octanol–water partition coefficient (Wildman–Crippen LogP) is 2.38. The van der Waals surface area contributed by atoms with Crippen LogP contribution < -0.4 is 15.4 Å². The largest absolute Gasteiger partial charge is 0.491 e. The number of ether oxygens (including phenoxy) is 1. The summed E-state index contributed by atoms with van der Waals surface area (Å²) in [6, 6.07) is 7.79. The van der Waals surface area contributed by atoms with E-state index in [0.717, 1.165) is 4.90 Å². The van der Waals surface area contributed by atoms with Crippen LogP contribution in [-0.4, -0.2) is 56.7 Å². The molecule has 1 saturated heterocycles. The van der Waals surface area contributed by atoms with Crippen molar-refractivity contribution in [2.24, 2.45) is 7.05 Å². The molecule has 10 nitrogen and oxygen atoms in total. The van der Waals surface area contributed by atoms with Gasteiger partial charge < -0.3 is 25.0 Å². The fraction of sp³-hybridized carbons (Fsp3) is 0.250. The molecule has 1 aliphatic heterocycles. The van der Waals surface area contributed by atoms with Gasteiger partial charge in [-0.1, -0.05) is 12.1 Å². The number of urea groups is 1. The third-order valence-electron chi connectivity index (χ3n) is 5.67. The Balaban J connectivity index is 1.60. The van der Waals surface area contributed by atoms with Crippen LogP contribution in [0.4, 0.5) is 14.9 Å². The van der Waals surface area contributed by atoms with Gasteiger partial charge in [-0.15, -0.1) is 0 Å². The highest BCUT2D eigenvalue weighted by Gasteiger charge is 2.45. The molecule has 0 saturated carbocycles. The molecule has 0 bridgehead atoms. The van der Waals surface area contributed by atoms with E-state index in [0.29, 0.717) is 20.6 Å². The number of nitrogens with zero attached hydrogens (tertiary/aromatic N) is 3. The first-order chi connectivity index (χ1) is 17.3. The number of carbonyl (C=O) groups excluding carboxylic acids is 3. The van der Waals surface area contributed by atoms with Crippen molar-refractivity contribution in [3.63, 3.8) is 0 Å². The van der Waals surface area contributed by atoms with Crippen LogP contribution in [0.1, 0.15) is 17.3 Å². The number of imidazole rings is 1. The molecular weight excluding hydrogens is 584 g/mol. The average molecular weight is 607 g/mol. The van der Waals surface area contributed by atoms with Crippen molar-refractivity contribution in [1.29, 1.82) is 0 Å². The minimum atomic E-state index is -1.26. The quantitative estimate of drug-likeness (QED) is 0.254. The third kappa shape index (κ3) is 5.49. The standard InChI is InChI=1S/C24H23FIN5O5/c1-30-13-27-12-16(30)11-20(22(33)28-19-7-4-15(26)10-18(19)25)31-23(34)21(29-24(31)35)14-2-5-17(6-3-14)36-9-8-32/h2-7,10,12-13,20-21,32H,8-9,11H2,1H3,(H,28,33)(H,29,35)/t20-,21+/m0/s1. The Morgan fingerprint density at radius 3 is 2.67 bits per heavy atom. The number of aliphatic hydroxyl groups is 1. The number of rotatable bonds is 9. The van der Waals surface area contributed by atoms with Crippen LogP contribution in [0.3, 0.4) is 0 Å². The molecule has 0 aliphatic carbocycles. The lowest BCUT2D eigenvalue weighted by Crippen LogP contribution is -2.49. The van der Waals surface area contributed by atoms with Gasteiger partial charge in [0.05, 0.1) is 18.6 Å². The molecule has 0 spiro atoms. The second kappa shape index (κ2) is 11.0. The molecule has 2 atom stereocenters. The first-order valence-electron chi connectivity index (χ1n) is 11.0. The summed E-state index contributed by atoms with van der Waals surface area (Å²) in [6.45, 7) is -0.0156. The number of hydrogen-bond donors (Lipinski definition) is 3. The van der Waals surface area contributed by atoms with E-state index in [2.05, 4.69) is 15.6 Å². The smallest absolute Gasteiger partial charge is 0.325 e. The van der Waals surface area contributed by atoms with Crippen molar-refractivity contribution < 1.29 is 28.6 Å². The van der Waals surface area contributed by atoms with E-state index in [-0.39, 0.29) is 25.3 Å². The molecule has 4 amide bonds. The monoisotopic (exact) mass is 607 g/mol. The fourth-order valence-electron chi connectivity index (χ4n) is 3.82. The lowest BCUT2D eigenvalue weighted by molar-refractivity contribution is -0.134. The van der Waals surface area contributed by atoms with E-state index in [1.165, 1.54) is 24.7 Å². The summed E-state index contributed by atoms with van der Waals surface area (Å²) in [4.78, 5) is 44.6. The van der Waals surface area contributed by atoms with E-state index < -0.39 is 35.7 Å². The van der Waals surface area contributed by atoms with Crippen LogP contribution in [0.2, 0.25) is 0 Å². The number of benzene rings is 2. The maximum Gasteiger partial charge on any atom is 0.325 e. The number of amides is 4. The molecule has 36 heavy (non-hydrogen) atoms. The van der Waals surface area contributed by atoms with Crippen molar-refractivity contribution in [2.45, 2.75) is 18.5 Å². The Kier molecular flexibility index (Phi) is 7.84. The number of aromatic nitrogens is 2. The van der Waals surface area contributed by atoms with E-state index in [1.54, 1.807) is 41.9 Å². The van der Waals surface area contributed by atoms with Crippen molar-refractivity contribution >= 4 is 46.1 Å². The molecular formula is C24H23FIN5O5. The second-order valence-corrected chi connectivity index (χ2v) is 9.31. The Hall–Kier alpha value is -3.52. The molecule has 1 aliphatic rings. The van der Waals surface area contributed by atoms with Gasteiger partial charge in [0.2, 0.25) is 5.91 Å². The van der Waals surface area contributed by atoms with Crippen molar-refractivity contribution in [1.82, 2.24) is 19.8 Å². The Morgan fingerprint density at radius 1 is 1.28 bits per heavy atom. The first-order valence-corrected chi connectivity index (χ1v) is 12.0. The van der Waals surface area contributed by atoms with Gasteiger partial charge in [-0.05, 0) is 58.5 Å². The highest BCUT2D eigenvalue weighted by molar-refractivity contribution is 14.1. The van der Waals surface area contributed by atoms with E-state index in [9.17, 15) is 18.8 Å². The minimum Gasteiger partial charge on any atom is -0.491 e. The van der Waals surface area contributed by atoms with Gasteiger partial charge in [-0.3, -0.25) is 9.59 Å². The highest BCUT2D eigenvalue weighted by atomic mass is 127. The summed E-state index contributed by atoms with van der Waals surface area (Å²) in [7, 11) is 1.73. The molecule has 3 aromatic rings. The number of hydrogen-bond acceptors (Lipinski definition) is 6. The summed E-state index contributed by atoms with van der Waals surface area (Å²) >= 11 is 1.95. The van der Waals surface area contributed by atoms with Crippen molar-refractivity contribution in [2.75, 3.05) is 18.5 Å². The molecule has 0 radical (unpaired) electrons. The van der Waals surface area contributed by atoms with Gasteiger partial charge in [0.25, 0.3) is 5.91 Å². The van der Waals surface area contributed by atoms with Crippen LogP contribution in [0.25, 0.3) is 0 Å². The maximum atomic E-state index is 14.4. The number of carbonyl (C=O) groups is 3. The van der Waals surface area contributed by atoms with Gasteiger partial charge in [0, 0.05) is 28.9 Å². The van der Waals surface area contributed by atoms with Crippen LogP contribution >= 0.6 is 22.6 Å². The summed E-state index contributed by atoms with van der Waals surface area (Å²) in [5.74, 6) is -1.47. The zero-order valence-electron chi connectivity index (χ0n) is 19.1. The van der Waals surface area contributed by atoms with E-state index >= 15 is 0 Å². The van der Waals surface area contributed by atoms with Crippen molar-refractivity contribution in [3.8, 4) is 5.75 Å². The SMILES string of the molecule is Cn1cncc1C[C@@H](C(=O)Nc1ccc(I)cc1F)N1C(=O)N[C@H](c2ccc(OCCO)cc2)C1=O. The number of aliphatic hydroxyl groups excluding tert-OH is 1. The Morgan fingerprint density at radius 2 is 2.03 bits per heavy atom. The Labute approximate surface area is 219 Å². The fourth-order valence-corrected chi connectivity index (χ4v) is 4.28. The summed E-state index contributed by atoms with van der Waals surface area (Å²) in [5.41, 5.74) is 1.04. The van der Waals surface area contributed by atoms with Gasteiger partial charge in [0.15, 0.2) is 0 Å². The molecule has 1 aromatic heterocycles. The predicted molar refractivity (Wildman–Crippen MR) is 136 cm³/mol. The molecule has 2 aromatic carbocycles. The van der Waals surface area contributed by atoms with Gasteiger partial charge >= 0.3 is 6.03 Å². The molecule has 12 heteroatoms. The molecule has 0 unspecified atom stereocenters. The molecule has 4 rings (SSSR count). The Bertz CT molecular complexity index is 1280. The van der Waals surface area contributed by atoms with Gasteiger partial charge in [0.1, 0.15) is 30.3 Å². The zero-order valence-corrected chi connectivity index (χ0v) is 21.3.